The highest BCUT2D eigenvalue weighted by atomic mass is 16.5. The number of aromatic nitrogens is 1. The molecule has 26 heavy (non-hydrogen) atoms. The van der Waals surface area contributed by atoms with Gasteiger partial charge in [0, 0.05) is 28.7 Å². The summed E-state index contributed by atoms with van der Waals surface area (Å²) in [5, 5.41) is 5.18. The molecule has 5 nitrogen and oxygen atoms in total. The summed E-state index contributed by atoms with van der Waals surface area (Å²) in [7, 11) is 0. The molecule has 3 rings (SSSR count). The number of hydrogen-bond donors (Lipinski definition) is 1. The number of allylic oxidation sites excluding steroid dienone is 1. The average Bonchev–Trinajstić information content (AvgIpc) is 2.93. The zero-order valence-corrected chi connectivity index (χ0v) is 14.7. The first kappa shape index (κ1) is 17.5. The second-order valence-corrected chi connectivity index (χ2v) is 5.81. The van der Waals surface area contributed by atoms with Gasteiger partial charge in [0.2, 0.25) is 0 Å². The van der Waals surface area contributed by atoms with Gasteiger partial charge in [-0.3, -0.25) is 4.79 Å². The van der Waals surface area contributed by atoms with Crippen LogP contribution in [0.3, 0.4) is 0 Å². The topological polar surface area (TPSA) is 55.6 Å². The van der Waals surface area contributed by atoms with Gasteiger partial charge in [-0.25, -0.2) is 5.43 Å². The van der Waals surface area contributed by atoms with E-state index in [1.54, 1.807) is 18.3 Å². The highest BCUT2D eigenvalue weighted by molar-refractivity contribution is 6.01. The molecule has 1 N–H and O–H groups in total. The third kappa shape index (κ3) is 3.83. The van der Waals surface area contributed by atoms with Crippen LogP contribution in [-0.2, 0) is 11.3 Å². The van der Waals surface area contributed by atoms with Crippen LogP contribution < -0.4 is 10.2 Å². The molecule has 0 aliphatic heterocycles. The second kappa shape index (κ2) is 8.16. The van der Waals surface area contributed by atoms with Crippen molar-refractivity contribution in [1.82, 2.24) is 9.99 Å². The third-order valence-electron chi connectivity index (χ3n) is 4.09. The minimum atomic E-state index is -0.308. The van der Waals surface area contributed by atoms with E-state index in [1.807, 2.05) is 49.4 Å². The van der Waals surface area contributed by atoms with Gasteiger partial charge >= 0.3 is 0 Å². The van der Waals surface area contributed by atoms with Crippen LogP contribution in [0.4, 0.5) is 0 Å². The Morgan fingerprint density at radius 2 is 1.92 bits per heavy atom. The van der Waals surface area contributed by atoms with Crippen LogP contribution in [0.25, 0.3) is 10.9 Å². The molecule has 0 fully saturated rings. The van der Waals surface area contributed by atoms with Crippen LogP contribution >= 0.6 is 0 Å². The second-order valence-electron chi connectivity index (χ2n) is 5.81. The third-order valence-corrected chi connectivity index (χ3v) is 4.09. The maximum absolute atomic E-state index is 11.9. The number of hydrogen-bond acceptors (Lipinski definition) is 3. The van der Waals surface area contributed by atoms with Crippen LogP contribution in [0.5, 0.6) is 5.75 Å². The number of rotatable bonds is 7. The number of amides is 1. The number of nitrogens with zero attached hydrogens (tertiary/aromatic N) is 2. The number of carbonyl (C=O) groups is 1. The predicted molar refractivity (Wildman–Crippen MR) is 105 cm³/mol. The van der Waals surface area contributed by atoms with Gasteiger partial charge in [0.05, 0.1) is 6.21 Å². The Morgan fingerprint density at radius 1 is 1.19 bits per heavy atom. The Balaban J connectivity index is 1.69. The Kier molecular flexibility index (Phi) is 5.49. The van der Waals surface area contributed by atoms with Gasteiger partial charge in [0.25, 0.3) is 5.91 Å². The van der Waals surface area contributed by atoms with Crippen molar-refractivity contribution in [2.24, 2.45) is 5.10 Å². The quantitative estimate of drug-likeness (QED) is 0.403. The molecule has 5 heteroatoms. The van der Waals surface area contributed by atoms with Gasteiger partial charge in [-0.2, -0.15) is 5.10 Å². The lowest BCUT2D eigenvalue weighted by Gasteiger charge is -2.04. The van der Waals surface area contributed by atoms with E-state index >= 15 is 0 Å². The number of benzene rings is 2. The van der Waals surface area contributed by atoms with Crippen LogP contribution in [0.15, 0.2) is 72.4 Å². The first-order valence-electron chi connectivity index (χ1n) is 8.39. The molecule has 0 atom stereocenters. The maximum Gasteiger partial charge on any atom is 0.277 e. The Bertz CT molecular complexity index is 943. The zero-order chi connectivity index (χ0) is 18.4. The van der Waals surface area contributed by atoms with Crippen LogP contribution in [0.2, 0.25) is 0 Å². The van der Waals surface area contributed by atoms with Crippen LogP contribution in [-0.4, -0.2) is 23.3 Å². The molecule has 0 radical (unpaired) electrons. The maximum atomic E-state index is 11.9. The lowest BCUT2D eigenvalue weighted by Crippen LogP contribution is -2.24. The number of ether oxygens (including phenoxy) is 1. The fraction of sp³-hybridized carbons (Fsp3) is 0.143. The Hall–Kier alpha value is -3.34. The number of para-hydroxylation sites is 2. The van der Waals surface area contributed by atoms with Gasteiger partial charge < -0.3 is 9.30 Å². The summed E-state index contributed by atoms with van der Waals surface area (Å²) < 4.78 is 7.57. The molecule has 0 saturated carbocycles. The van der Waals surface area contributed by atoms with Crippen molar-refractivity contribution in [3.05, 3.63) is 78.5 Å². The summed E-state index contributed by atoms with van der Waals surface area (Å²) in [4.78, 5) is 11.9. The van der Waals surface area contributed by atoms with Crippen molar-refractivity contribution >= 4 is 23.0 Å². The molecule has 3 aromatic rings. The van der Waals surface area contributed by atoms with E-state index in [1.165, 1.54) is 0 Å². The number of nitrogens with one attached hydrogen (secondary N) is 1. The van der Waals surface area contributed by atoms with Crippen molar-refractivity contribution in [3.63, 3.8) is 0 Å². The lowest BCUT2D eigenvalue weighted by molar-refractivity contribution is -0.123. The van der Waals surface area contributed by atoms with Gasteiger partial charge in [-0.15, -0.1) is 6.58 Å². The van der Waals surface area contributed by atoms with Gasteiger partial charge in [0.1, 0.15) is 5.75 Å². The van der Waals surface area contributed by atoms with E-state index in [9.17, 15) is 4.79 Å². The lowest BCUT2D eigenvalue weighted by atomic mass is 10.1. The van der Waals surface area contributed by atoms with E-state index in [0.29, 0.717) is 5.75 Å². The monoisotopic (exact) mass is 347 g/mol. The summed E-state index contributed by atoms with van der Waals surface area (Å²) >= 11 is 0. The fourth-order valence-electron chi connectivity index (χ4n) is 2.85. The summed E-state index contributed by atoms with van der Waals surface area (Å²) in [6, 6.07) is 17.3. The summed E-state index contributed by atoms with van der Waals surface area (Å²) in [6.07, 6.45) is 3.54. The van der Waals surface area contributed by atoms with Crippen molar-refractivity contribution in [2.45, 2.75) is 13.5 Å². The smallest absolute Gasteiger partial charge is 0.277 e. The zero-order valence-electron chi connectivity index (χ0n) is 14.7. The molecule has 0 unspecified atom stereocenters. The molecule has 0 spiro atoms. The first-order valence-corrected chi connectivity index (χ1v) is 8.39. The normalized spacial score (nSPS) is 11.0. The molecule has 2 aromatic carbocycles. The van der Waals surface area contributed by atoms with E-state index in [2.05, 4.69) is 27.7 Å². The summed E-state index contributed by atoms with van der Waals surface area (Å²) in [5.74, 6) is 0.340. The average molecular weight is 347 g/mol. The number of fused-ring (bicyclic) bond motifs is 1. The van der Waals surface area contributed by atoms with Gasteiger partial charge in [-0.1, -0.05) is 42.5 Å². The molecule has 1 amide bonds. The molecular weight excluding hydrogens is 326 g/mol. The molecule has 0 aliphatic carbocycles. The van der Waals surface area contributed by atoms with Crippen LogP contribution in [0.1, 0.15) is 11.3 Å². The van der Waals surface area contributed by atoms with Crippen LogP contribution in [0, 0.1) is 6.92 Å². The van der Waals surface area contributed by atoms with E-state index in [4.69, 9.17) is 4.74 Å². The van der Waals surface area contributed by atoms with Crippen molar-refractivity contribution in [1.29, 1.82) is 0 Å². The van der Waals surface area contributed by atoms with Crippen molar-refractivity contribution < 1.29 is 9.53 Å². The Labute approximate surface area is 152 Å². The molecule has 1 heterocycles. The fourth-order valence-corrected chi connectivity index (χ4v) is 2.85. The minimum absolute atomic E-state index is 0.0848. The van der Waals surface area contributed by atoms with E-state index < -0.39 is 0 Å². The predicted octanol–water partition coefficient (Wildman–Crippen LogP) is 3.66. The summed E-state index contributed by atoms with van der Waals surface area (Å²) in [5.41, 5.74) is 5.68. The highest BCUT2D eigenvalue weighted by Gasteiger charge is 2.11. The largest absolute Gasteiger partial charge is 0.484 e. The molecule has 132 valence electrons. The number of hydrazone groups is 1. The molecule has 0 saturated heterocycles. The number of carbonyl (C=O) groups excluding carboxylic acids is 1. The van der Waals surface area contributed by atoms with Gasteiger partial charge in [0.15, 0.2) is 6.61 Å². The van der Waals surface area contributed by atoms with E-state index in [0.717, 1.165) is 28.7 Å². The minimum Gasteiger partial charge on any atom is -0.484 e. The standard InChI is InChI=1S/C21H21N3O2/c1-3-13-24-16(2)19(18-11-7-8-12-20(18)24)14-22-23-21(25)15-26-17-9-5-4-6-10-17/h3-12,14H,1,13,15H2,2H3,(H,23,25)/b22-14-. The SMILES string of the molecule is C=CCn1c(C)c(/C=N\NC(=O)COc2ccccc2)c2ccccc21. The van der Waals surface area contributed by atoms with Crippen molar-refractivity contribution in [2.75, 3.05) is 6.61 Å². The molecule has 1 aromatic heterocycles. The molecule has 0 aliphatic rings. The molecule has 0 bridgehead atoms. The van der Waals surface area contributed by atoms with Gasteiger partial charge in [-0.05, 0) is 25.1 Å². The highest BCUT2D eigenvalue weighted by Crippen LogP contribution is 2.24. The molecular formula is C21H21N3O2. The van der Waals surface area contributed by atoms with E-state index in [-0.39, 0.29) is 12.5 Å². The summed E-state index contributed by atoms with van der Waals surface area (Å²) in [6.45, 7) is 6.49. The Morgan fingerprint density at radius 3 is 2.69 bits per heavy atom. The van der Waals surface area contributed by atoms with Crippen molar-refractivity contribution in [3.8, 4) is 5.75 Å². The first-order chi connectivity index (χ1) is 12.7.